The fraction of sp³-hybridized carbons (Fsp3) is 0.600. The maximum absolute atomic E-state index is 12.6. The van der Waals surface area contributed by atoms with E-state index in [-0.39, 0.29) is 11.8 Å². The summed E-state index contributed by atoms with van der Waals surface area (Å²) < 4.78 is 1.82. The number of H-pyrrole nitrogens is 1. The molecule has 1 saturated heterocycles. The number of likely N-dealkylation sites (tertiary alicyclic amines) is 1. The molecule has 1 aliphatic heterocycles. The molecular weight excluding hydrogens is 356 g/mol. The molecule has 0 aliphatic carbocycles. The van der Waals surface area contributed by atoms with Crippen LogP contribution in [0.25, 0.3) is 0 Å². The van der Waals surface area contributed by atoms with E-state index >= 15 is 0 Å². The minimum atomic E-state index is 0.0215. The predicted octanol–water partition coefficient (Wildman–Crippen LogP) is 2.36. The number of carbonyl (C=O) groups excluding carboxylic acids is 2. The quantitative estimate of drug-likeness (QED) is 0.797. The van der Waals surface area contributed by atoms with E-state index in [2.05, 4.69) is 20.6 Å². The van der Waals surface area contributed by atoms with Gasteiger partial charge in [-0.05, 0) is 46.5 Å². The number of hydrogen-bond donors (Lipinski definition) is 2. The summed E-state index contributed by atoms with van der Waals surface area (Å²) in [5.74, 6) is 0.467. The number of aromatic amines is 1. The van der Waals surface area contributed by atoms with Crippen LogP contribution in [0.1, 0.15) is 48.8 Å². The van der Waals surface area contributed by atoms with Crippen LogP contribution in [0.4, 0.5) is 5.69 Å². The van der Waals surface area contributed by atoms with Gasteiger partial charge in [0.05, 0.1) is 23.5 Å². The van der Waals surface area contributed by atoms with Gasteiger partial charge < -0.3 is 10.2 Å². The zero-order valence-corrected chi connectivity index (χ0v) is 17.2. The minimum Gasteiger partial charge on any atom is -0.342 e. The van der Waals surface area contributed by atoms with Crippen molar-refractivity contribution >= 4 is 17.5 Å². The SMILES string of the molecule is CCn1cc(NC(=O)CC2CCN(C(=O)Cc3c(C)n[nH]c3C)CC2)c(C)n1. The maximum atomic E-state index is 12.6. The Morgan fingerprint density at radius 1 is 1.21 bits per heavy atom. The molecule has 0 bridgehead atoms. The molecule has 28 heavy (non-hydrogen) atoms. The van der Waals surface area contributed by atoms with E-state index in [9.17, 15) is 9.59 Å². The Morgan fingerprint density at radius 2 is 1.93 bits per heavy atom. The average Bonchev–Trinajstić information content (AvgIpc) is 3.18. The first-order valence-corrected chi connectivity index (χ1v) is 9.99. The molecule has 8 heteroatoms. The maximum Gasteiger partial charge on any atom is 0.227 e. The summed E-state index contributed by atoms with van der Waals surface area (Å²) in [6, 6.07) is 0. The molecule has 0 unspecified atom stereocenters. The third-order valence-corrected chi connectivity index (χ3v) is 5.59. The summed E-state index contributed by atoms with van der Waals surface area (Å²) in [5.41, 5.74) is 4.46. The lowest BCUT2D eigenvalue weighted by atomic mass is 9.92. The van der Waals surface area contributed by atoms with Crippen molar-refractivity contribution in [3.8, 4) is 0 Å². The van der Waals surface area contributed by atoms with E-state index in [0.717, 1.165) is 47.7 Å². The highest BCUT2D eigenvalue weighted by molar-refractivity contribution is 5.91. The molecule has 1 aliphatic rings. The minimum absolute atomic E-state index is 0.0215. The van der Waals surface area contributed by atoms with Gasteiger partial charge in [0.1, 0.15) is 0 Å². The Balaban J connectivity index is 1.46. The number of hydrogen-bond acceptors (Lipinski definition) is 4. The van der Waals surface area contributed by atoms with Crippen molar-refractivity contribution in [2.75, 3.05) is 18.4 Å². The molecule has 0 radical (unpaired) electrons. The van der Waals surface area contributed by atoms with Crippen molar-refractivity contribution in [2.45, 2.75) is 59.9 Å². The summed E-state index contributed by atoms with van der Waals surface area (Å²) in [5, 5.41) is 14.4. The number of carbonyl (C=O) groups is 2. The molecule has 1 fully saturated rings. The number of nitrogens with one attached hydrogen (secondary N) is 2. The average molecular weight is 387 g/mol. The van der Waals surface area contributed by atoms with Crippen LogP contribution in [-0.2, 0) is 22.6 Å². The van der Waals surface area contributed by atoms with Crippen LogP contribution in [0, 0.1) is 26.7 Å². The number of nitrogens with zero attached hydrogens (tertiary/aromatic N) is 4. The van der Waals surface area contributed by atoms with Crippen molar-refractivity contribution in [3.63, 3.8) is 0 Å². The highest BCUT2D eigenvalue weighted by Gasteiger charge is 2.25. The number of aryl methyl sites for hydroxylation is 4. The van der Waals surface area contributed by atoms with Gasteiger partial charge in [0.15, 0.2) is 0 Å². The van der Waals surface area contributed by atoms with Crippen LogP contribution in [0.15, 0.2) is 6.20 Å². The smallest absolute Gasteiger partial charge is 0.227 e. The van der Waals surface area contributed by atoms with E-state index < -0.39 is 0 Å². The highest BCUT2D eigenvalue weighted by Crippen LogP contribution is 2.23. The molecule has 3 rings (SSSR count). The molecule has 152 valence electrons. The summed E-state index contributed by atoms with van der Waals surface area (Å²) in [4.78, 5) is 26.9. The topological polar surface area (TPSA) is 95.9 Å². The van der Waals surface area contributed by atoms with E-state index in [4.69, 9.17) is 0 Å². The monoisotopic (exact) mass is 386 g/mol. The Hall–Kier alpha value is -2.64. The molecule has 0 aromatic carbocycles. The first kappa shape index (κ1) is 20.1. The van der Waals surface area contributed by atoms with Crippen molar-refractivity contribution in [1.82, 2.24) is 24.9 Å². The Morgan fingerprint density at radius 3 is 2.50 bits per heavy atom. The van der Waals surface area contributed by atoms with Gasteiger partial charge in [-0.3, -0.25) is 19.4 Å². The number of aromatic nitrogens is 4. The van der Waals surface area contributed by atoms with Crippen molar-refractivity contribution in [3.05, 3.63) is 28.8 Å². The van der Waals surface area contributed by atoms with Gasteiger partial charge in [0.25, 0.3) is 0 Å². The Kier molecular flexibility index (Phi) is 6.16. The third-order valence-electron chi connectivity index (χ3n) is 5.59. The molecular formula is C20H30N6O2. The van der Waals surface area contributed by atoms with Gasteiger partial charge in [-0.2, -0.15) is 10.2 Å². The Labute approximate surface area is 165 Å². The van der Waals surface area contributed by atoms with Crippen LogP contribution in [0.5, 0.6) is 0 Å². The molecule has 8 nitrogen and oxygen atoms in total. The summed E-state index contributed by atoms with van der Waals surface area (Å²) >= 11 is 0. The second-order valence-corrected chi connectivity index (χ2v) is 7.65. The molecule has 3 heterocycles. The van der Waals surface area contributed by atoms with Crippen LogP contribution in [0.2, 0.25) is 0 Å². The summed E-state index contributed by atoms with van der Waals surface area (Å²) in [6.45, 7) is 9.97. The van der Waals surface area contributed by atoms with Crippen molar-refractivity contribution in [2.24, 2.45) is 5.92 Å². The fourth-order valence-electron chi connectivity index (χ4n) is 3.75. The number of anilines is 1. The first-order valence-electron chi connectivity index (χ1n) is 9.99. The van der Waals surface area contributed by atoms with Crippen molar-refractivity contribution in [1.29, 1.82) is 0 Å². The lowest BCUT2D eigenvalue weighted by Gasteiger charge is -2.32. The largest absolute Gasteiger partial charge is 0.342 e. The zero-order valence-electron chi connectivity index (χ0n) is 17.2. The normalized spacial score (nSPS) is 15.1. The molecule has 0 atom stereocenters. The predicted molar refractivity (Wildman–Crippen MR) is 107 cm³/mol. The lowest BCUT2D eigenvalue weighted by Crippen LogP contribution is -2.40. The number of rotatable bonds is 6. The van der Waals surface area contributed by atoms with E-state index in [1.54, 1.807) is 0 Å². The standard InChI is InChI=1S/C20H30N6O2/c1-5-26-12-18(15(4)24-26)21-19(27)10-16-6-8-25(9-7-16)20(28)11-17-13(2)22-23-14(17)3/h12,16H,5-11H2,1-4H3,(H,21,27)(H,22,23). The zero-order chi connectivity index (χ0) is 20.3. The Bertz CT molecular complexity index is 825. The van der Waals surface area contributed by atoms with Crippen molar-refractivity contribution < 1.29 is 9.59 Å². The summed E-state index contributed by atoms with van der Waals surface area (Å²) in [7, 11) is 0. The van der Waals surface area contributed by atoms with Gasteiger partial charge in [0.2, 0.25) is 11.8 Å². The molecule has 2 aromatic rings. The highest BCUT2D eigenvalue weighted by atomic mass is 16.2. The van der Waals surface area contributed by atoms with Crippen LogP contribution in [-0.4, -0.2) is 49.8 Å². The van der Waals surface area contributed by atoms with Crippen LogP contribution in [0.3, 0.4) is 0 Å². The van der Waals surface area contributed by atoms with Gasteiger partial charge >= 0.3 is 0 Å². The van der Waals surface area contributed by atoms with Gasteiger partial charge in [-0.25, -0.2) is 0 Å². The van der Waals surface area contributed by atoms with Gasteiger partial charge in [-0.1, -0.05) is 0 Å². The number of amides is 2. The molecule has 2 amide bonds. The van der Waals surface area contributed by atoms with Crippen LogP contribution < -0.4 is 5.32 Å². The molecule has 0 spiro atoms. The van der Waals surface area contributed by atoms with E-state index in [1.807, 2.05) is 43.5 Å². The number of piperidine rings is 1. The molecule has 2 N–H and O–H groups in total. The van der Waals surface area contributed by atoms with Gasteiger partial charge in [-0.15, -0.1) is 0 Å². The van der Waals surface area contributed by atoms with Crippen LogP contribution >= 0.6 is 0 Å². The van der Waals surface area contributed by atoms with E-state index in [1.165, 1.54) is 0 Å². The third kappa shape index (κ3) is 4.61. The van der Waals surface area contributed by atoms with Gasteiger partial charge in [0, 0.05) is 43.5 Å². The fourth-order valence-corrected chi connectivity index (χ4v) is 3.75. The van der Waals surface area contributed by atoms with E-state index in [0.29, 0.717) is 31.8 Å². The molecule has 2 aromatic heterocycles. The lowest BCUT2D eigenvalue weighted by molar-refractivity contribution is -0.132. The molecule has 0 saturated carbocycles. The summed E-state index contributed by atoms with van der Waals surface area (Å²) in [6.07, 6.45) is 4.46. The second kappa shape index (κ2) is 8.58. The first-order chi connectivity index (χ1) is 13.4. The second-order valence-electron chi connectivity index (χ2n) is 7.65.